The highest BCUT2D eigenvalue weighted by atomic mass is 32.1. The van der Waals surface area contributed by atoms with Crippen LogP contribution >= 0.6 is 11.3 Å². The van der Waals surface area contributed by atoms with Crippen LogP contribution in [0.15, 0.2) is 29.6 Å². The van der Waals surface area contributed by atoms with E-state index in [1.54, 1.807) is 11.3 Å². The fourth-order valence-electron chi connectivity index (χ4n) is 1.95. The lowest BCUT2D eigenvalue weighted by Crippen LogP contribution is -2.08. The van der Waals surface area contributed by atoms with Gasteiger partial charge in [-0.1, -0.05) is 6.42 Å². The number of hydrogen-bond acceptors (Lipinski definition) is 4. The molecule has 3 rings (SSSR count). The van der Waals surface area contributed by atoms with E-state index in [1.165, 1.54) is 24.3 Å². The number of nitrogen functional groups attached to an aromatic ring is 1. The third-order valence-corrected chi connectivity index (χ3v) is 4.35. The third kappa shape index (κ3) is 2.48. The average molecular weight is 260 g/mol. The van der Waals surface area contributed by atoms with Gasteiger partial charge in [0.05, 0.1) is 10.7 Å². The Morgan fingerprint density at radius 1 is 1.28 bits per heavy atom. The SMILES string of the molecule is Nc1ccc(OCc2csc(C3CCC3)n2)cc1. The summed E-state index contributed by atoms with van der Waals surface area (Å²) in [6.45, 7) is 0.535. The minimum absolute atomic E-state index is 0.535. The van der Waals surface area contributed by atoms with Gasteiger partial charge in [0.2, 0.25) is 0 Å². The highest BCUT2D eigenvalue weighted by Gasteiger charge is 2.22. The molecule has 0 bridgehead atoms. The molecule has 1 fully saturated rings. The van der Waals surface area contributed by atoms with Gasteiger partial charge in [-0.2, -0.15) is 0 Å². The fourth-order valence-corrected chi connectivity index (χ4v) is 2.93. The van der Waals surface area contributed by atoms with Crippen molar-refractivity contribution in [3.05, 3.63) is 40.3 Å². The molecule has 1 aromatic carbocycles. The summed E-state index contributed by atoms with van der Waals surface area (Å²) in [6, 6.07) is 7.45. The highest BCUT2D eigenvalue weighted by Crippen LogP contribution is 2.37. The molecule has 0 spiro atoms. The minimum atomic E-state index is 0.535. The van der Waals surface area contributed by atoms with Gasteiger partial charge in [-0.3, -0.25) is 0 Å². The maximum absolute atomic E-state index is 5.68. The van der Waals surface area contributed by atoms with Crippen molar-refractivity contribution in [3.63, 3.8) is 0 Å². The summed E-state index contributed by atoms with van der Waals surface area (Å²) in [4.78, 5) is 4.63. The first-order chi connectivity index (χ1) is 8.81. The molecule has 0 amide bonds. The van der Waals surface area contributed by atoms with E-state index in [1.807, 2.05) is 24.3 Å². The summed E-state index contributed by atoms with van der Waals surface area (Å²) < 4.78 is 5.68. The third-order valence-electron chi connectivity index (χ3n) is 3.29. The van der Waals surface area contributed by atoms with E-state index < -0.39 is 0 Å². The Morgan fingerprint density at radius 2 is 2.06 bits per heavy atom. The van der Waals surface area contributed by atoms with Gasteiger partial charge in [-0.25, -0.2) is 4.98 Å². The normalized spacial score (nSPS) is 15.3. The number of aromatic nitrogens is 1. The average Bonchev–Trinajstić information content (AvgIpc) is 2.75. The summed E-state index contributed by atoms with van der Waals surface area (Å²) in [5, 5.41) is 3.38. The zero-order valence-electron chi connectivity index (χ0n) is 10.1. The van der Waals surface area contributed by atoms with Gasteiger partial charge in [0, 0.05) is 17.0 Å². The maximum Gasteiger partial charge on any atom is 0.131 e. The predicted octanol–water partition coefficient (Wildman–Crippen LogP) is 3.57. The monoisotopic (exact) mass is 260 g/mol. The number of rotatable bonds is 4. The second-order valence-electron chi connectivity index (χ2n) is 4.66. The van der Waals surface area contributed by atoms with Crippen molar-refractivity contribution >= 4 is 17.0 Å². The lowest BCUT2D eigenvalue weighted by Gasteiger charge is -2.22. The number of nitrogens with two attached hydrogens (primary N) is 1. The first kappa shape index (κ1) is 11.5. The molecule has 2 aromatic rings. The van der Waals surface area contributed by atoms with Crippen molar-refractivity contribution in [3.8, 4) is 5.75 Å². The van der Waals surface area contributed by atoms with E-state index >= 15 is 0 Å². The molecule has 1 heterocycles. The van der Waals surface area contributed by atoms with Crippen LogP contribution < -0.4 is 10.5 Å². The van der Waals surface area contributed by atoms with Crippen LogP contribution in [0.25, 0.3) is 0 Å². The van der Waals surface area contributed by atoms with Crippen molar-refractivity contribution in [1.29, 1.82) is 0 Å². The summed E-state index contributed by atoms with van der Waals surface area (Å²) in [5.41, 5.74) is 7.41. The molecule has 0 radical (unpaired) electrons. The molecule has 0 unspecified atom stereocenters. The summed E-state index contributed by atoms with van der Waals surface area (Å²) >= 11 is 1.76. The van der Waals surface area contributed by atoms with Crippen molar-refractivity contribution in [2.45, 2.75) is 31.8 Å². The standard InChI is InChI=1S/C14H16N2OS/c15-11-4-6-13(7-5-11)17-8-12-9-18-14(16-12)10-2-1-3-10/h4-7,9-10H,1-3,8,15H2. The van der Waals surface area contributed by atoms with Gasteiger partial charge in [-0.15, -0.1) is 11.3 Å². The summed E-state index contributed by atoms with van der Waals surface area (Å²) in [6.07, 6.45) is 3.94. The largest absolute Gasteiger partial charge is 0.487 e. The molecule has 1 aromatic heterocycles. The van der Waals surface area contributed by atoms with Crippen LogP contribution in [0.4, 0.5) is 5.69 Å². The number of anilines is 1. The fraction of sp³-hybridized carbons (Fsp3) is 0.357. The zero-order valence-corrected chi connectivity index (χ0v) is 11.0. The molecule has 0 saturated heterocycles. The Kier molecular flexibility index (Phi) is 3.19. The predicted molar refractivity (Wildman–Crippen MR) is 73.9 cm³/mol. The van der Waals surface area contributed by atoms with Gasteiger partial charge in [-0.05, 0) is 37.1 Å². The van der Waals surface area contributed by atoms with Crippen LogP contribution in [-0.2, 0) is 6.61 Å². The van der Waals surface area contributed by atoms with Crippen molar-refractivity contribution in [1.82, 2.24) is 4.98 Å². The Morgan fingerprint density at radius 3 is 2.72 bits per heavy atom. The molecule has 2 N–H and O–H groups in total. The quantitative estimate of drug-likeness (QED) is 0.855. The molecule has 94 valence electrons. The number of benzene rings is 1. The van der Waals surface area contributed by atoms with Gasteiger partial charge in [0.1, 0.15) is 12.4 Å². The second-order valence-corrected chi connectivity index (χ2v) is 5.55. The van der Waals surface area contributed by atoms with Crippen LogP contribution in [0.1, 0.15) is 35.9 Å². The topological polar surface area (TPSA) is 48.1 Å². The minimum Gasteiger partial charge on any atom is -0.487 e. The molecule has 1 aliphatic rings. The maximum atomic E-state index is 5.68. The molecule has 0 aliphatic heterocycles. The number of nitrogens with zero attached hydrogens (tertiary/aromatic N) is 1. The highest BCUT2D eigenvalue weighted by molar-refractivity contribution is 7.09. The van der Waals surface area contributed by atoms with Gasteiger partial charge < -0.3 is 10.5 Å². The Hall–Kier alpha value is -1.55. The lowest BCUT2D eigenvalue weighted by molar-refractivity contribution is 0.301. The second kappa shape index (κ2) is 4.98. The van der Waals surface area contributed by atoms with Crippen molar-refractivity contribution in [2.75, 3.05) is 5.73 Å². The molecule has 1 saturated carbocycles. The Labute approximate surface area is 111 Å². The Bertz CT molecular complexity index is 517. The van der Waals surface area contributed by atoms with Crippen LogP contribution in [0.3, 0.4) is 0 Å². The van der Waals surface area contributed by atoms with Gasteiger partial charge >= 0.3 is 0 Å². The molecule has 4 heteroatoms. The van der Waals surface area contributed by atoms with E-state index in [9.17, 15) is 0 Å². The van der Waals surface area contributed by atoms with E-state index in [-0.39, 0.29) is 0 Å². The molecular weight excluding hydrogens is 244 g/mol. The first-order valence-electron chi connectivity index (χ1n) is 6.24. The molecule has 3 nitrogen and oxygen atoms in total. The summed E-state index contributed by atoms with van der Waals surface area (Å²) in [7, 11) is 0. The van der Waals surface area contributed by atoms with Crippen LogP contribution in [0, 0.1) is 0 Å². The lowest BCUT2D eigenvalue weighted by atomic mass is 9.86. The number of ether oxygens (including phenoxy) is 1. The number of hydrogen-bond donors (Lipinski definition) is 1. The zero-order chi connectivity index (χ0) is 12.4. The van der Waals surface area contributed by atoms with E-state index in [4.69, 9.17) is 10.5 Å². The van der Waals surface area contributed by atoms with Crippen LogP contribution in [0.5, 0.6) is 5.75 Å². The van der Waals surface area contributed by atoms with Gasteiger partial charge in [0.15, 0.2) is 0 Å². The smallest absolute Gasteiger partial charge is 0.131 e. The van der Waals surface area contributed by atoms with Crippen molar-refractivity contribution in [2.24, 2.45) is 0 Å². The van der Waals surface area contributed by atoms with Crippen LogP contribution in [0.2, 0.25) is 0 Å². The molecule has 0 atom stereocenters. The Balaban J connectivity index is 1.59. The van der Waals surface area contributed by atoms with E-state index in [0.29, 0.717) is 12.5 Å². The summed E-state index contributed by atoms with van der Waals surface area (Å²) in [5.74, 6) is 1.54. The molecular formula is C14H16N2OS. The number of thiazole rings is 1. The van der Waals surface area contributed by atoms with E-state index in [2.05, 4.69) is 10.4 Å². The molecule has 1 aliphatic carbocycles. The van der Waals surface area contributed by atoms with Crippen LogP contribution in [-0.4, -0.2) is 4.98 Å². The van der Waals surface area contributed by atoms with Gasteiger partial charge in [0.25, 0.3) is 0 Å². The first-order valence-corrected chi connectivity index (χ1v) is 7.12. The van der Waals surface area contributed by atoms with Crippen molar-refractivity contribution < 1.29 is 4.74 Å². The van der Waals surface area contributed by atoms with E-state index in [0.717, 1.165) is 17.1 Å². The molecule has 18 heavy (non-hydrogen) atoms.